The normalized spacial score (nSPS) is 14.4. The maximum atomic E-state index is 12.9. The molecular weight excluding hydrogens is 292 g/mol. The number of carbonyl (C=O) groups is 1. The Morgan fingerprint density at radius 3 is 2.43 bits per heavy atom. The highest BCUT2D eigenvalue weighted by Crippen LogP contribution is 2.35. The number of alkyl halides is 3. The first-order valence-electron chi connectivity index (χ1n) is 6.18. The fourth-order valence-electron chi connectivity index (χ4n) is 1.53. The average molecular weight is 308 g/mol. The summed E-state index contributed by atoms with van der Waals surface area (Å²) in [5.74, 6) is -1.05. The predicted octanol–water partition coefficient (Wildman–Crippen LogP) is 3.13. The molecule has 0 bridgehead atoms. The van der Waals surface area contributed by atoms with Gasteiger partial charge in [0.2, 0.25) is 0 Å². The SMILES string of the molecule is CCC(C)(CO)NC(=O)Nc1ccc(F)cc1C(F)(F)F. The molecule has 1 aromatic carbocycles. The van der Waals surface area contributed by atoms with Crippen molar-refractivity contribution in [2.24, 2.45) is 0 Å². The molecule has 0 spiro atoms. The van der Waals surface area contributed by atoms with E-state index in [4.69, 9.17) is 5.11 Å². The molecular formula is C13H16F4N2O2. The molecule has 8 heteroatoms. The molecule has 0 heterocycles. The van der Waals surface area contributed by atoms with Crippen molar-refractivity contribution in [2.75, 3.05) is 11.9 Å². The van der Waals surface area contributed by atoms with E-state index in [9.17, 15) is 22.4 Å². The van der Waals surface area contributed by atoms with Crippen LogP contribution in [0, 0.1) is 5.82 Å². The number of nitrogens with one attached hydrogen (secondary N) is 2. The number of aliphatic hydroxyl groups is 1. The third-order valence-corrected chi connectivity index (χ3v) is 3.08. The summed E-state index contributed by atoms with van der Waals surface area (Å²) in [7, 11) is 0. The zero-order chi connectivity index (χ0) is 16.3. The van der Waals surface area contributed by atoms with Crippen molar-refractivity contribution in [1.29, 1.82) is 0 Å². The van der Waals surface area contributed by atoms with Crippen LogP contribution in [0.2, 0.25) is 0 Å². The number of amides is 2. The van der Waals surface area contributed by atoms with Crippen molar-refractivity contribution in [3.63, 3.8) is 0 Å². The minimum absolute atomic E-state index is 0.306. The van der Waals surface area contributed by atoms with Gasteiger partial charge in [-0.15, -0.1) is 0 Å². The molecule has 2 amide bonds. The van der Waals surface area contributed by atoms with E-state index < -0.39 is 34.8 Å². The van der Waals surface area contributed by atoms with E-state index in [0.29, 0.717) is 12.5 Å². The van der Waals surface area contributed by atoms with Crippen molar-refractivity contribution in [3.05, 3.63) is 29.6 Å². The van der Waals surface area contributed by atoms with Gasteiger partial charge in [0.25, 0.3) is 0 Å². The van der Waals surface area contributed by atoms with Crippen LogP contribution in [0.3, 0.4) is 0 Å². The van der Waals surface area contributed by atoms with Gasteiger partial charge in [-0.25, -0.2) is 9.18 Å². The quantitative estimate of drug-likeness (QED) is 0.748. The van der Waals surface area contributed by atoms with Gasteiger partial charge in [-0.3, -0.25) is 0 Å². The Balaban J connectivity index is 2.96. The Kier molecular flexibility index (Phi) is 5.16. The highest BCUT2D eigenvalue weighted by molar-refractivity contribution is 5.90. The van der Waals surface area contributed by atoms with Crippen molar-refractivity contribution in [3.8, 4) is 0 Å². The number of urea groups is 1. The van der Waals surface area contributed by atoms with E-state index in [0.717, 1.165) is 12.1 Å². The van der Waals surface area contributed by atoms with Gasteiger partial charge in [-0.1, -0.05) is 6.92 Å². The molecule has 1 unspecified atom stereocenters. The lowest BCUT2D eigenvalue weighted by Crippen LogP contribution is -2.50. The Morgan fingerprint density at radius 1 is 1.33 bits per heavy atom. The number of rotatable bonds is 4. The number of carbonyl (C=O) groups excluding carboxylic acids is 1. The first kappa shape index (κ1) is 17.2. The van der Waals surface area contributed by atoms with Gasteiger partial charge in [0, 0.05) is 0 Å². The second kappa shape index (κ2) is 6.30. The molecule has 0 aliphatic heterocycles. The van der Waals surface area contributed by atoms with Crippen LogP contribution in [0.1, 0.15) is 25.8 Å². The zero-order valence-electron chi connectivity index (χ0n) is 11.5. The van der Waals surface area contributed by atoms with E-state index in [2.05, 4.69) is 5.32 Å². The van der Waals surface area contributed by atoms with Crippen molar-refractivity contribution < 1.29 is 27.5 Å². The summed E-state index contributed by atoms with van der Waals surface area (Å²) >= 11 is 0. The molecule has 1 rings (SSSR count). The van der Waals surface area contributed by atoms with Crippen LogP contribution in [-0.2, 0) is 6.18 Å². The largest absolute Gasteiger partial charge is 0.418 e. The molecule has 0 radical (unpaired) electrons. The Bertz CT molecular complexity index is 513. The molecule has 4 nitrogen and oxygen atoms in total. The van der Waals surface area contributed by atoms with Crippen LogP contribution >= 0.6 is 0 Å². The molecule has 0 saturated heterocycles. The van der Waals surface area contributed by atoms with Gasteiger partial charge in [0.1, 0.15) is 5.82 Å². The van der Waals surface area contributed by atoms with E-state index in [1.165, 1.54) is 0 Å². The van der Waals surface area contributed by atoms with E-state index >= 15 is 0 Å². The number of hydrogen-bond donors (Lipinski definition) is 3. The number of hydrogen-bond acceptors (Lipinski definition) is 2. The second-order valence-corrected chi connectivity index (χ2v) is 4.84. The number of anilines is 1. The predicted molar refractivity (Wildman–Crippen MR) is 69.3 cm³/mol. The summed E-state index contributed by atoms with van der Waals surface area (Å²) in [6.07, 6.45) is -4.41. The Morgan fingerprint density at radius 2 is 1.95 bits per heavy atom. The Labute approximate surface area is 119 Å². The molecule has 1 atom stereocenters. The summed E-state index contributed by atoms with van der Waals surface area (Å²) in [6, 6.07) is 1.04. The number of benzene rings is 1. The van der Waals surface area contributed by atoms with Gasteiger partial charge in [-0.2, -0.15) is 13.2 Å². The van der Waals surface area contributed by atoms with Crippen molar-refractivity contribution in [2.45, 2.75) is 32.0 Å². The van der Waals surface area contributed by atoms with Crippen LogP contribution < -0.4 is 10.6 Å². The maximum absolute atomic E-state index is 12.9. The first-order chi connectivity index (χ1) is 9.61. The maximum Gasteiger partial charge on any atom is 0.418 e. The summed E-state index contributed by atoms with van der Waals surface area (Å²) < 4.78 is 51.2. The summed E-state index contributed by atoms with van der Waals surface area (Å²) in [5, 5.41) is 13.5. The van der Waals surface area contributed by atoms with Crippen LogP contribution in [0.15, 0.2) is 18.2 Å². The van der Waals surface area contributed by atoms with Gasteiger partial charge in [0.05, 0.1) is 23.4 Å². The van der Waals surface area contributed by atoms with Crippen LogP contribution in [-0.4, -0.2) is 23.3 Å². The first-order valence-corrected chi connectivity index (χ1v) is 6.18. The smallest absolute Gasteiger partial charge is 0.394 e. The number of halogens is 4. The molecule has 0 aliphatic carbocycles. The molecule has 0 saturated carbocycles. The third-order valence-electron chi connectivity index (χ3n) is 3.08. The highest BCUT2D eigenvalue weighted by Gasteiger charge is 2.34. The number of aliphatic hydroxyl groups excluding tert-OH is 1. The zero-order valence-corrected chi connectivity index (χ0v) is 11.5. The topological polar surface area (TPSA) is 61.4 Å². The fraction of sp³-hybridized carbons (Fsp3) is 0.462. The molecule has 3 N–H and O–H groups in total. The van der Waals surface area contributed by atoms with Crippen LogP contribution in [0.5, 0.6) is 0 Å². The van der Waals surface area contributed by atoms with E-state index in [-0.39, 0.29) is 6.61 Å². The average Bonchev–Trinajstić information content (AvgIpc) is 2.39. The summed E-state index contributed by atoms with van der Waals surface area (Å²) in [4.78, 5) is 11.7. The monoisotopic (exact) mass is 308 g/mol. The third kappa shape index (κ3) is 4.59. The second-order valence-electron chi connectivity index (χ2n) is 4.84. The molecule has 0 aliphatic rings. The molecule has 21 heavy (non-hydrogen) atoms. The van der Waals surface area contributed by atoms with Crippen molar-refractivity contribution >= 4 is 11.7 Å². The standard InChI is InChI=1S/C13H16F4N2O2/c1-3-12(2,7-20)19-11(21)18-10-5-4-8(14)6-9(10)13(15,16)17/h4-6,20H,3,7H2,1-2H3,(H2,18,19,21). The van der Waals surface area contributed by atoms with Gasteiger partial charge in [-0.05, 0) is 31.5 Å². The molecule has 1 aromatic rings. The van der Waals surface area contributed by atoms with Gasteiger partial charge >= 0.3 is 12.2 Å². The molecule has 0 fully saturated rings. The van der Waals surface area contributed by atoms with Crippen molar-refractivity contribution in [1.82, 2.24) is 5.32 Å². The lowest BCUT2D eigenvalue weighted by Gasteiger charge is -2.27. The van der Waals surface area contributed by atoms with Gasteiger partial charge < -0.3 is 15.7 Å². The fourth-order valence-corrected chi connectivity index (χ4v) is 1.53. The van der Waals surface area contributed by atoms with Crippen LogP contribution in [0.25, 0.3) is 0 Å². The highest BCUT2D eigenvalue weighted by atomic mass is 19.4. The molecule has 0 aromatic heterocycles. The molecule has 118 valence electrons. The lowest BCUT2D eigenvalue weighted by atomic mass is 10.0. The lowest BCUT2D eigenvalue weighted by molar-refractivity contribution is -0.137. The summed E-state index contributed by atoms with van der Waals surface area (Å²) in [6.45, 7) is 2.88. The minimum Gasteiger partial charge on any atom is -0.394 e. The summed E-state index contributed by atoms with van der Waals surface area (Å²) in [5.41, 5.74) is -2.79. The minimum atomic E-state index is -4.80. The van der Waals surface area contributed by atoms with E-state index in [1.807, 2.05) is 5.32 Å². The van der Waals surface area contributed by atoms with Crippen LogP contribution in [0.4, 0.5) is 28.0 Å². The van der Waals surface area contributed by atoms with E-state index in [1.54, 1.807) is 13.8 Å². The Hall–Kier alpha value is -1.83. The van der Waals surface area contributed by atoms with Gasteiger partial charge in [0.15, 0.2) is 0 Å².